The van der Waals surface area contributed by atoms with E-state index in [4.69, 9.17) is 4.74 Å². The Morgan fingerprint density at radius 3 is 2.92 bits per heavy atom. The van der Waals surface area contributed by atoms with E-state index >= 15 is 4.39 Å². The molecule has 12 heteroatoms. The van der Waals surface area contributed by atoms with Crippen LogP contribution in [0.1, 0.15) is 22.5 Å². The summed E-state index contributed by atoms with van der Waals surface area (Å²) in [6, 6.07) is 6.12. The summed E-state index contributed by atoms with van der Waals surface area (Å²) in [5, 5.41) is 2.67. The van der Waals surface area contributed by atoms with Gasteiger partial charge >= 0.3 is 0 Å². The fourth-order valence-electron chi connectivity index (χ4n) is 4.71. The van der Waals surface area contributed by atoms with Crippen molar-refractivity contribution in [3.8, 4) is 5.88 Å². The van der Waals surface area contributed by atoms with Crippen LogP contribution >= 0.6 is 11.8 Å². The summed E-state index contributed by atoms with van der Waals surface area (Å²) in [6.45, 7) is 1.10. The smallest absolute Gasteiger partial charge is 0.272 e. The van der Waals surface area contributed by atoms with E-state index in [1.807, 2.05) is 4.90 Å². The number of methoxy groups -OCH3 is 1. The zero-order chi connectivity index (χ0) is 26.1. The molecular formula is C25H26F2N6O3S. The first-order chi connectivity index (χ1) is 17.8. The zero-order valence-corrected chi connectivity index (χ0v) is 21.2. The largest absolute Gasteiger partial charge is 0.481 e. The Labute approximate surface area is 216 Å². The molecule has 2 aliphatic heterocycles. The molecule has 37 heavy (non-hydrogen) atoms. The number of nitrogens with one attached hydrogen (secondary N) is 1. The van der Waals surface area contributed by atoms with Crippen LogP contribution < -0.4 is 10.1 Å². The second-order valence-corrected chi connectivity index (χ2v) is 10.0. The highest BCUT2D eigenvalue weighted by atomic mass is 32.2. The van der Waals surface area contributed by atoms with Crippen LogP contribution in [0.4, 0.5) is 14.6 Å². The average Bonchev–Trinajstić information content (AvgIpc) is 2.91. The van der Waals surface area contributed by atoms with Gasteiger partial charge in [-0.05, 0) is 31.0 Å². The van der Waals surface area contributed by atoms with E-state index in [0.717, 1.165) is 4.90 Å². The molecule has 1 fully saturated rings. The summed E-state index contributed by atoms with van der Waals surface area (Å²) in [4.78, 5) is 41.6. The molecule has 0 aliphatic carbocycles. The number of rotatable bonds is 6. The van der Waals surface area contributed by atoms with Crippen LogP contribution in [-0.4, -0.2) is 88.3 Å². The Kier molecular flexibility index (Phi) is 7.20. The van der Waals surface area contributed by atoms with E-state index in [1.54, 1.807) is 31.3 Å². The quantitative estimate of drug-likeness (QED) is 0.521. The highest BCUT2D eigenvalue weighted by molar-refractivity contribution is 8.00. The Hall–Kier alpha value is -3.38. The van der Waals surface area contributed by atoms with Crippen molar-refractivity contribution in [1.82, 2.24) is 24.8 Å². The van der Waals surface area contributed by atoms with Crippen LogP contribution in [0.2, 0.25) is 0 Å². The van der Waals surface area contributed by atoms with Gasteiger partial charge in [0.25, 0.3) is 5.91 Å². The number of ether oxygens (including phenoxy) is 1. The molecule has 3 aromatic rings. The molecule has 2 amide bonds. The molecule has 5 rings (SSSR count). The number of nitrogens with zero attached hydrogens (tertiary/aromatic N) is 5. The number of hydrogen-bond acceptors (Lipinski definition) is 8. The molecule has 5 heterocycles. The van der Waals surface area contributed by atoms with Gasteiger partial charge in [0, 0.05) is 38.3 Å². The van der Waals surface area contributed by atoms with Crippen LogP contribution in [-0.2, 0) is 11.2 Å². The maximum absolute atomic E-state index is 15.3. The molecule has 0 aromatic carbocycles. The predicted molar refractivity (Wildman–Crippen MR) is 135 cm³/mol. The zero-order valence-electron chi connectivity index (χ0n) is 20.4. The lowest BCUT2D eigenvalue weighted by Crippen LogP contribution is -2.53. The van der Waals surface area contributed by atoms with Gasteiger partial charge in [0.2, 0.25) is 11.8 Å². The van der Waals surface area contributed by atoms with Gasteiger partial charge in [-0.1, -0.05) is 0 Å². The standard InChI is InChI=1S/C25H26F2N6O3S/c1-32(25(35)18-3-5-20-24(29-18)30-21(34)13-37-20)19-8-10-33(12-16(19)27)9-7-14-15(26)11-28-17-4-6-22(36-2)31-23(14)17/h3-6,11,16,19H,7-10,12-13H2,1-2H3,(H,29,30,34)/t16-,19+/m0/s1. The molecule has 194 valence electrons. The summed E-state index contributed by atoms with van der Waals surface area (Å²) in [5.74, 6) is -0.00746. The predicted octanol–water partition coefficient (Wildman–Crippen LogP) is 2.94. The lowest BCUT2D eigenvalue weighted by molar-refractivity contribution is -0.113. The van der Waals surface area contributed by atoms with Crippen molar-refractivity contribution in [2.75, 3.05) is 44.9 Å². The monoisotopic (exact) mass is 528 g/mol. The van der Waals surface area contributed by atoms with Gasteiger partial charge in [-0.15, -0.1) is 11.8 Å². The number of halogens is 2. The number of thioether (sulfide) groups is 1. The van der Waals surface area contributed by atoms with E-state index in [0.29, 0.717) is 60.0 Å². The van der Waals surface area contributed by atoms with Gasteiger partial charge in [0.1, 0.15) is 23.5 Å². The second-order valence-electron chi connectivity index (χ2n) is 9.02. The summed E-state index contributed by atoms with van der Waals surface area (Å²) in [5.41, 5.74) is 1.57. The van der Waals surface area contributed by atoms with Crippen LogP contribution in [0.15, 0.2) is 35.4 Å². The van der Waals surface area contributed by atoms with E-state index in [2.05, 4.69) is 20.3 Å². The Bertz CT molecular complexity index is 1360. The Balaban J connectivity index is 1.23. The summed E-state index contributed by atoms with van der Waals surface area (Å²) in [7, 11) is 3.06. The van der Waals surface area contributed by atoms with Gasteiger partial charge < -0.3 is 15.0 Å². The molecule has 0 saturated carbocycles. The molecule has 9 nitrogen and oxygen atoms in total. The molecule has 3 aromatic heterocycles. The third-order valence-corrected chi connectivity index (χ3v) is 7.78. The lowest BCUT2D eigenvalue weighted by atomic mass is 10.00. The van der Waals surface area contributed by atoms with Crippen molar-refractivity contribution in [3.63, 3.8) is 0 Å². The van der Waals surface area contributed by atoms with Gasteiger partial charge in [-0.2, -0.15) is 0 Å². The van der Waals surface area contributed by atoms with Crippen LogP contribution in [0.3, 0.4) is 0 Å². The molecular weight excluding hydrogens is 502 g/mol. The minimum Gasteiger partial charge on any atom is -0.481 e. The highest BCUT2D eigenvalue weighted by Gasteiger charge is 2.35. The molecule has 0 bridgehead atoms. The van der Waals surface area contributed by atoms with Crippen LogP contribution in [0.25, 0.3) is 11.0 Å². The number of likely N-dealkylation sites (tertiary alicyclic amines) is 1. The summed E-state index contributed by atoms with van der Waals surface area (Å²) in [6.07, 6.45) is 0.648. The van der Waals surface area contributed by atoms with Gasteiger partial charge in [-0.25, -0.2) is 18.7 Å². The second kappa shape index (κ2) is 10.5. The minimum atomic E-state index is -1.28. The minimum absolute atomic E-state index is 0.119. The maximum Gasteiger partial charge on any atom is 0.272 e. The maximum atomic E-state index is 15.3. The number of amides is 2. The molecule has 0 spiro atoms. The first-order valence-corrected chi connectivity index (χ1v) is 12.9. The van der Waals surface area contributed by atoms with Crippen molar-refractivity contribution in [3.05, 3.63) is 47.5 Å². The topological polar surface area (TPSA) is 101 Å². The van der Waals surface area contributed by atoms with Crippen molar-refractivity contribution >= 4 is 40.4 Å². The number of carbonyl (C=O) groups excluding carboxylic acids is 2. The lowest BCUT2D eigenvalue weighted by Gasteiger charge is -2.39. The van der Waals surface area contributed by atoms with Crippen molar-refractivity contribution in [1.29, 1.82) is 0 Å². The number of alkyl halides is 1. The highest BCUT2D eigenvalue weighted by Crippen LogP contribution is 2.30. The molecule has 1 saturated heterocycles. The normalized spacial score (nSPS) is 19.8. The average molecular weight is 529 g/mol. The molecule has 2 aliphatic rings. The van der Waals surface area contributed by atoms with E-state index in [9.17, 15) is 14.0 Å². The fraction of sp³-hybridized carbons (Fsp3) is 0.400. The SMILES string of the molecule is COc1ccc2ncc(F)c(CCN3CC[C@@H](N(C)C(=O)c4ccc5c(n4)NC(=O)CS5)[C@@H](F)C3)c2n1. The van der Waals surface area contributed by atoms with E-state index in [-0.39, 0.29) is 18.1 Å². The van der Waals surface area contributed by atoms with Crippen molar-refractivity contribution < 1.29 is 23.1 Å². The number of piperidine rings is 1. The first kappa shape index (κ1) is 25.3. The van der Waals surface area contributed by atoms with Crippen molar-refractivity contribution in [2.45, 2.75) is 30.0 Å². The van der Waals surface area contributed by atoms with Crippen LogP contribution in [0, 0.1) is 5.82 Å². The third-order valence-electron chi connectivity index (χ3n) is 6.73. The molecule has 0 unspecified atom stereocenters. The molecule has 2 atom stereocenters. The summed E-state index contributed by atoms with van der Waals surface area (Å²) < 4.78 is 35.1. The van der Waals surface area contributed by atoms with E-state index in [1.165, 1.54) is 30.0 Å². The first-order valence-electron chi connectivity index (χ1n) is 11.9. The van der Waals surface area contributed by atoms with Gasteiger partial charge in [-0.3, -0.25) is 19.5 Å². The fourth-order valence-corrected chi connectivity index (χ4v) is 5.46. The molecule has 1 N–H and O–H groups in total. The number of carbonyl (C=O) groups is 2. The third kappa shape index (κ3) is 5.21. The number of pyridine rings is 3. The molecule has 0 radical (unpaired) electrons. The Morgan fingerprint density at radius 2 is 2.14 bits per heavy atom. The number of anilines is 1. The number of aromatic nitrogens is 3. The van der Waals surface area contributed by atoms with E-state index < -0.39 is 23.9 Å². The summed E-state index contributed by atoms with van der Waals surface area (Å²) >= 11 is 1.36. The van der Waals surface area contributed by atoms with Gasteiger partial charge in [0.15, 0.2) is 0 Å². The van der Waals surface area contributed by atoms with Crippen LogP contribution in [0.5, 0.6) is 5.88 Å². The number of hydrogen-bond donors (Lipinski definition) is 1. The van der Waals surface area contributed by atoms with Gasteiger partial charge in [0.05, 0.1) is 41.0 Å². The van der Waals surface area contributed by atoms with Crippen molar-refractivity contribution in [2.24, 2.45) is 0 Å². The number of fused-ring (bicyclic) bond motifs is 2. The Morgan fingerprint density at radius 1 is 1.30 bits per heavy atom.